The lowest BCUT2D eigenvalue weighted by molar-refractivity contribution is -0.153. The second-order valence-electron chi connectivity index (χ2n) is 6.95. The Morgan fingerprint density at radius 2 is 1.79 bits per heavy atom. The Kier molecular flexibility index (Phi) is 5.87. The molecule has 1 amide bonds. The second-order valence-corrected chi connectivity index (χ2v) is 6.95. The van der Waals surface area contributed by atoms with Gasteiger partial charge in [-0.15, -0.1) is 0 Å². The summed E-state index contributed by atoms with van der Waals surface area (Å²) < 4.78 is 18.2. The highest BCUT2D eigenvalue weighted by atomic mass is 19.1. The van der Waals surface area contributed by atoms with E-state index in [0.29, 0.717) is 5.56 Å². The highest BCUT2D eigenvalue weighted by Gasteiger charge is 2.34. The topological polar surface area (TPSA) is 63.7 Å². The molecular formula is C22H22FNO4. The number of halogens is 1. The van der Waals surface area contributed by atoms with Gasteiger partial charge in [-0.2, -0.15) is 0 Å². The molecule has 28 heavy (non-hydrogen) atoms. The van der Waals surface area contributed by atoms with Crippen LogP contribution in [0.15, 0.2) is 48.5 Å². The largest absolute Gasteiger partial charge is 0.453 e. The van der Waals surface area contributed by atoms with Crippen LogP contribution in [0.25, 0.3) is 0 Å². The lowest BCUT2D eigenvalue weighted by Gasteiger charge is -2.25. The van der Waals surface area contributed by atoms with Gasteiger partial charge < -0.3 is 9.64 Å². The van der Waals surface area contributed by atoms with Gasteiger partial charge >= 0.3 is 5.97 Å². The molecule has 0 N–H and O–H groups in total. The molecule has 0 unspecified atom stereocenters. The van der Waals surface area contributed by atoms with Crippen molar-refractivity contribution in [1.29, 1.82) is 0 Å². The van der Waals surface area contributed by atoms with Crippen molar-refractivity contribution in [1.82, 2.24) is 0 Å². The minimum absolute atomic E-state index is 0.00824. The minimum atomic E-state index is -0.943. The van der Waals surface area contributed by atoms with Crippen molar-refractivity contribution in [3.63, 3.8) is 0 Å². The lowest BCUT2D eigenvalue weighted by atomic mass is 10.1. The summed E-state index contributed by atoms with van der Waals surface area (Å²) in [5, 5.41) is 0. The second kappa shape index (κ2) is 8.33. The van der Waals surface area contributed by atoms with Crippen LogP contribution in [-0.2, 0) is 20.7 Å². The Morgan fingerprint density at radius 3 is 2.50 bits per heavy atom. The zero-order valence-corrected chi connectivity index (χ0v) is 15.9. The zero-order valence-electron chi connectivity index (χ0n) is 15.9. The number of hydrogen-bond acceptors (Lipinski definition) is 4. The van der Waals surface area contributed by atoms with E-state index < -0.39 is 17.9 Å². The number of ether oxygens (including phenoxy) is 1. The first-order valence-electron chi connectivity index (χ1n) is 9.26. The van der Waals surface area contributed by atoms with E-state index in [1.54, 1.807) is 4.90 Å². The normalized spacial score (nSPS) is 16.4. The van der Waals surface area contributed by atoms with E-state index in [4.69, 9.17) is 4.74 Å². The summed E-state index contributed by atoms with van der Waals surface area (Å²) in [6, 6.07) is 12.8. The molecule has 0 spiro atoms. The molecule has 0 fully saturated rings. The Morgan fingerprint density at radius 1 is 1.11 bits per heavy atom. The molecule has 0 saturated heterocycles. The summed E-state index contributed by atoms with van der Waals surface area (Å²) in [6.07, 6.45) is -0.384. The van der Waals surface area contributed by atoms with Gasteiger partial charge in [-0.25, -0.2) is 4.39 Å². The predicted molar refractivity (Wildman–Crippen MR) is 103 cm³/mol. The first-order chi connectivity index (χ1) is 13.4. The third-order valence-corrected chi connectivity index (χ3v) is 4.82. The molecule has 3 rings (SSSR count). The lowest BCUT2D eigenvalue weighted by Crippen LogP contribution is -2.43. The van der Waals surface area contributed by atoms with Crippen molar-refractivity contribution in [3.8, 4) is 0 Å². The monoisotopic (exact) mass is 383 g/mol. The van der Waals surface area contributed by atoms with E-state index in [0.717, 1.165) is 17.7 Å². The van der Waals surface area contributed by atoms with E-state index in [1.807, 2.05) is 31.2 Å². The zero-order chi connectivity index (χ0) is 20.3. The molecule has 0 aromatic heterocycles. The van der Waals surface area contributed by atoms with Gasteiger partial charge in [0.1, 0.15) is 5.82 Å². The van der Waals surface area contributed by atoms with Crippen LogP contribution in [0.1, 0.15) is 42.6 Å². The van der Waals surface area contributed by atoms with Crippen molar-refractivity contribution >= 4 is 23.3 Å². The first-order valence-corrected chi connectivity index (χ1v) is 9.26. The fourth-order valence-electron chi connectivity index (χ4n) is 3.40. The molecule has 1 aliphatic rings. The average molecular weight is 383 g/mol. The smallest absolute Gasteiger partial charge is 0.307 e. The van der Waals surface area contributed by atoms with E-state index >= 15 is 0 Å². The summed E-state index contributed by atoms with van der Waals surface area (Å²) in [4.78, 5) is 38.6. The van der Waals surface area contributed by atoms with Crippen LogP contribution in [0.3, 0.4) is 0 Å². The number of carbonyl (C=O) groups is 3. The molecule has 2 aromatic carbocycles. The van der Waals surface area contributed by atoms with Crippen LogP contribution in [0.5, 0.6) is 0 Å². The Balaban J connectivity index is 1.55. The maximum absolute atomic E-state index is 12.9. The first kappa shape index (κ1) is 19.7. The summed E-state index contributed by atoms with van der Waals surface area (Å²) >= 11 is 0. The maximum Gasteiger partial charge on any atom is 0.307 e. The quantitative estimate of drug-likeness (QED) is 0.564. The van der Waals surface area contributed by atoms with Crippen molar-refractivity contribution in [2.24, 2.45) is 0 Å². The number of anilines is 1. The molecule has 0 aliphatic carbocycles. The fourth-order valence-corrected chi connectivity index (χ4v) is 3.40. The van der Waals surface area contributed by atoms with Crippen molar-refractivity contribution in [2.45, 2.75) is 45.3 Å². The standard InChI is InChI=1S/C22H22FNO4/c1-14-13-17-5-3-4-6-19(17)24(14)22(27)15(2)28-21(26)12-11-20(25)16-7-9-18(23)10-8-16/h3-10,14-15H,11-13H2,1-2H3/t14-,15+/m0/s1. The Labute approximate surface area is 163 Å². The molecule has 0 saturated carbocycles. The van der Waals surface area contributed by atoms with Gasteiger partial charge in [0.25, 0.3) is 5.91 Å². The molecular weight excluding hydrogens is 361 g/mol. The van der Waals surface area contributed by atoms with Gasteiger partial charge in [0.2, 0.25) is 0 Å². The molecule has 0 bridgehead atoms. The highest BCUT2D eigenvalue weighted by Crippen LogP contribution is 2.32. The number of esters is 1. The van der Waals surface area contributed by atoms with Gasteiger partial charge in [0, 0.05) is 23.7 Å². The van der Waals surface area contributed by atoms with Crippen molar-refractivity contribution < 1.29 is 23.5 Å². The van der Waals surface area contributed by atoms with Crippen LogP contribution in [0, 0.1) is 5.82 Å². The number of rotatable bonds is 6. The summed E-state index contributed by atoms with van der Waals surface area (Å²) in [5.41, 5.74) is 2.27. The number of benzene rings is 2. The number of amides is 1. The number of para-hydroxylation sites is 1. The van der Waals surface area contributed by atoms with Crippen LogP contribution in [-0.4, -0.2) is 29.8 Å². The minimum Gasteiger partial charge on any atom is -0.453 e. The molecule has 146 valence electrons. The van der Waals surface area contributed by atoms with Crippen molar-refractivity contribution in [2.75, 3.05) is 4.90 Å². The molecule has 5 nitrogen and oxygen atoms in total. The summed E-state index contributed by atoms with van der Waals surface area (Å²) in [7, 11) is 0. The molecule has 1 aliphatic heterocycles. The van der Waals surface area contributed by atoms with Crippen LogP contribution < -0.4 is 4.90 Å². The number of ketones is 1. The predicted octanol–water partition coefficient (Wildman–Crippen LogP) is 3.70. The number of hydrogen-bond donors (Lipinski definition) is 0. The number of Topliss-reactive ketones (excluding diaryl/α,β-unsaturated/α-hetero) is 1. The van der Waals surface area contributed by atoms with E-state index in [1.165, 1.54) is 31.2 Å². The van der Waals surface area contributed by atoms with E-state index in [2.05, 4.69) is 0 Å². The van der Waals surface area contributed by atoms with Gasteiger partial charge in [0.15, 0.2) is 11.9 Å². The highest BCUT2D eigenvalue weighted by molar-refractivity contribution is 6.00. The number of nitrogens with zero attached hydrogens (tertiary/aromatic N) is 1. The van der Waals surface area contributed by atoms with Gasteiger partial charge in [-0.1, -0.05) is 18.2 Å². The maximum atomic E-state index is 12.9. The molecule has 2 aromatic rings. The van der Waals surface area contributed by atoms with Crippen LogP contribution >= 0.6 is 0 Å². The SMILES string of the molecule is C[C@@H](OC(=O)CCC(=O)c1ccc(F)cc1)C(=O)N1c2ccccc2C[C@@H]1C. The van der Waals surface area contributed by atoms with Crippen LogP contribution in [0.4, 0.5) is 10.1 Å². The van der Waals surface area contributed by atoms with Gasteiger partial charge in [0.05, 0.1) is 6.42 Å². The summed E-state index contributed by atoms with van der Waals surface area (Å²) in [6.45, 7) is 3.49. The van der Waals surface area contributed by atoms with Crippen LogP contribution in [0.2, 0.25) is 0 Å². The van der Waals surface area contributed by atoms with Gasteiger partial charge in [-0.3, -0.25) is 14.4 Å². The summed E-state index contributed by atoms with van der Waals surface area (Å²) in [5.74, 6) is -1.61. The third-order valence-electron chi connectivity index (χ3n) is 4.82. The molecule has 0 radical (unpaired) electrons. The molecule has 6 heteroatoms. The third kappa shape index (κ3) is 4.27. The Hall–Kier alpha value is -3.02. The van der Waals surface area contributed by atoms with Crippen molar-refractivity contribution in [3.05, 3.63) is 65.5 Å². The number of carbonyl (C=O) groups excluding carboxylic acids is 3. The molecule has 2 atom stereocenters. The average Bonchev–Trinajstić information content (AvgIpc) is 3.01. The Bertz CT molecular complexity index is 894. The van der Waals surface area contributed by atoms with E-state index in [-0.39, 0.29) is 30.6 Å². The van der Waals surface area contributed by atoms with E-state index in [9.17, 15) is 18.8 Å². The molecule has 1 heterocycles. The number of fused-ring (bicyclic) bond motifs is 1. The van der Waals surface area contributed by atoms with Gasteiger partial charge in [-0.05, 0) is 56.2 Å². The fraction of sp³-hybridized carbons (Fsp3) is 0.318.